The van der Waals surface area contributed by atoms with Crippen LogP contribution < -0.4 is 4.74 Å². The van der Waals surface area contributed by atoms with E-state index < -0.39 is 6.10 Å². The topological polar surface area (TPSA) is 29.5 Å². The molecule has 0 fully saturated rings. The Balaban J connectivity index is 2.46. The van der Waals surface area contributed by atoms with Crippen LogP contribution in [0.25, 0.3) is 0 Å². The van der Waals surface area contributed by atoms with Gasteiger partial charge >= 0.3 is 0 Å². The van der Waals surface area contributed by atoms with Gasteiger partial charge in [0.1, 0.15) is 5.75 Å². The molecule has 0 radical (unpaired) electrons. The number of rotatable bonds is 0. The van der Waals surface area contributed by atoms with Crippen LogP contribution in [0.1, 0.15) is 18.1 Å². The van der Waals surface area contributed by atoms with E-state index in [4.69, 9.17) is 16.3 Å². The number of benzene rings is 1. The Morgan fingerprint density at radius 3 is 3.17 bits per heavy atom. The lowest BCUT2D eigenvalue weighted by Gasteiger charge is -2.21. The van der Waals surface area contributed by atoms with E-state index in [1.807, 2.05) is 6.07 Å². The third-order valence-corrected chi connectivity index (χ3v) is 2.22. The minimum atomic E-state index is -0.397. The lowest BCUT2D eigenvalue weighted by molar-refractivity contribution is 0.115. The first-order valence-electron chi connectivity index (χ1n) is 3.87. The fraction of sp³-hybridized carbons (Fsp3) is 0.333. The van der Waals surface area contributed by atoms with Crippen molar-refractivity contribution in [2.75, 3.05) is 6.61 Å². The third kappa shape index (κ3) is 1.28. The number of aliphatic hydroxyl groups is 1. The number of ether oxygens (including phenoxy) is 1. The summed E-state index contributed by atoms with van der Waals surface area (Å²) in [5.41, 5.74) is 0.839. The molecule has 1 atom stereocenters. The highest BCUT2D eigenvalue weighted by atomic mass is 35.5. The van der Waals surface area contributed by atoms with Crippen LogP contribution in [0.3, 0.4) is 0 Å². The molecule has 1 aliphatic heterocycles. The van der Waals surface area contributed by atoms with Crippen molar-refractivity contribution in [3.05, 3.63) is 28.8 Å². The monoisotopic (exact) mass is 184 g/mol. The number of fused-ring (bicyclic) bond motifs is 1. The molecule has 0 amide bonds. The van der Waals surface area contributed by atoms with Gasteiger partial charge < -0.3 is 9.84 Å². The van der Waals surface area contributed by atoms with Crippen LogP contribution in [-0.4, -0.2) is 11.7 Å². The predicted octanol–water partition coefficient (Wildman–Crippen LogP) is 2.16. The van der Waals surface area contributed by atoms with Crippen molar-refractivity contribution < 1.29 is 9.84 Å². The molecule has 1 aliphatic rings. The Kier molecular flexibility index (Phi) is 1.95. The van der Waals surface area contributed by atoms with Crippen molar-refractivity contribution in [3.63, 3.8) is 0 Å². The predicted molar refractivity (Wildman–Crippen MR) is 46.5 cm³/mol. The molecule has 0 aromatic heterocycles. The summed E-state index contributed by atoms with van der Waals surface area (Å²) < 4.78 is 5.33. The van der Waals surface area contributed by atoms with E-state index in [1.165, 1.54) is 0 Å². The highest BCUT2D eigenvalue weighted by Gasteiger charge is 2.18. The van der Waals surface area contributed by atoms with E-state index in [1.54, 1.807) is 12.1 Å². The number of aliphatic hydroxyl groups excluding tert-OH is 1. The molecule has 1 aromatic rings. The zero-order chi connectivity index (χ0) is 8.55. The van der Waals surface area contributed by atoms with Crippen molar-refractivity contribution in [2.45, 2.75) is 12.5 Å². The van der Waals surface area contributed by atoms with Crippen LogP contribution in [0.2, 0.25) is 5.02 Å². The molecule has 0 spiro atoms. The first-order chi connectivity index (χ1) is 5.77. The second kappa shape index (κ2) is 2.96. The van der Waals surface area contributed by atoms with Gasteiger partial charge in [-0.05, 0) is 12.1 Å². The third-order valence-electron chi connectivity index (χ3n) is 1.98. The summed E-state index contributed by atoms with van der Waals surface area (Å²) in [7, 11) is 0. The molecule has 1 aromatic carbocycles. The Morgan fingerprint density at radius 2 is 2.33 bits per heavy atom. The smallest absolute Gasteiger partial charge is 0.126 e. The largest absolute Gasteiger partial charge is 0.493 e. The number of hydrogen-bond donors (Lipinski definition) is 1. The summed E-state index contributed by atoms with van der Waals surface area (Å²) in [6, 6.07) is 5.30. The average molecular weight is 185 g/mol. The maximum Gasteiger partial charge on any atom is 0.126 e. The van der Waals surface area contributed by atoms with Gasteiger partial charge in [-0.15, -0.1) is 0 Å². The minimum Gasteiger partial charge on any atom is -0.493 e. The zero-order valence-corrected chi connectivity index (χ0v) is 7.21. The van der Waals surface area contributed by atoms with Crippen LogP contribution in [0, 0.1) is 0 Å². The quantitative estimate of drug-likeness (QED) is 0.670. The summed E-state index contributed by atoms with van der Waals surface area (Å²) in [6.45, 7) is 0.564. The first kappa shape index (κ1) is 7.90. The summed E-state index contributed by atoms with van der Waals surface area (Å²) in [5, 5.41) is 10.2. The van der Waals surface area contributed by atoms with Crippen molar-refractivity contribution in [2.24, 2.45) is 0 Å². The number of hydrogen-bond acceptors (Lipinski definition) is 2. The van der Waals surface area contributed by atoms with Gasteiger partial charge in [-0.3, -0.25) is 0 Å². The summed E-state index contributed by atoms with van der Waals surface area (Å²) in [4.78, 5) is 0. The lowest BCUT2D eigenvalue weighted by Crippen LogP contribution is -2.13. The highest BCUT2D eigenvalue weighted by Crippen LogP contribution is 2.33. The van der Waals surface area contributed by atoms with Crippen molar-refractivity contribution in [3.8, 4) is 5.75 Å². The van der Waals surface area contributed by atoms with Gasteiger partial charge in [0.05, 0.1) is 12.7 Å². The molecule has 0 saturated carbocycles. The van der Waals surface area contributed by atoms with Crippen LogP contribution in [0.4, 0.5) is 0 Å². The fourth-order valence-electron chi connectivity index (χ4n) is 1.34. The second-order valence-corrected chi connectivity index (χ2v) is 3.27. The number of halogens is 1. The normalized spacial score (nSPS) is 21.3. The molecule has 3 heteroatoms. The van der Waals surface area contributed by atoms with Crippen LogP contribution in [0.15, 0.2) is 18.2 Å². The van der Waals surface area contributed by atoms with E-state index in [-0.39, 0.29) is 0 Å². The van der Waals surface area contributed by atoms with Gasteiger partial charge in [0.25, 0.3) is 0 Å². The second-order valence-electron chi connectivity index (χ2n) is 2.84. The molecule has 0 aliphatic carbocycles. The van der Waals surface area contributed by atoms with E-state index in [0.717, 1.165) is 5.56 Å². The molecule has 0 saturated heterocycles. The SMILES string of the molecule is O[C@H]1CCOc2cc(Cl)ccc21. The van der Waals surface area contributed by atoms with Crippen LogP contribution in [-0.2, 0) is 0 Å². The van der Waals surface area contributed by atoms with Crippen LogP contribution >= 0.6 is 11.6 Å². The minimum absolute atomic E-state index is 0.397. The van der Waals surface area contributed by atoms with Crippen LogP contribution in [0.5, 0.6) is 5.75 Å². The van der Waals surface area contributed by atoms with Gasteiger partial charge in [-0.25, -0.2) is 0 Å². The Labute approximate surface area is 75.7 Å². The van der Waals surface area contributed by atoms with E-state index >= 15 is 0 Å². The van der Waals surface area contributed by atoms with Gasteiger partial charge in [0.2, 0.25) is 0 Å². The van der Waals surface area contributed by atoms with Crippen molar-refractivity contribution in [1.82, 2.24) is 0 Å². The van der Waals surface area contributed by atoms with Gasteiger partial charge in [0, 0.05) is 17.0 Å². The lowest BCUT2D eigenvalue weighted by atomic mass is 10.0. The van der Waals surface area contributed by atoms with Gasteiger partial charge in [0.15, 0.2) is 0 Å². The Bertz CT molecular complexity index is 299. The molecule has 12 heavy (non-hydrogen) atoms. The molecule has 2 nitrogen and oxygen atoms in total. The highest BCUT2D eigenvalue weighted by molar-refractivity contribution is 6.30. The molecule has 64 valence electrons. The standard InChI is InChI=1S/C9H9ClO2/c10-6-1-2-7-8(11)3-4-12-9(7)5-6/h1-2,5,8,11H,3-4H2/t8-/m0/s1. The molecule has 1 N–H and O–H groups in total. The molecular weight excluding hydrogens is 176 g/mol. The van der Waals surface area contributed by atoms with Crippen molar-refractivity contribution >= 4 is 11.6 Å². The maximum atomic E-state index is 9.53. The van der Waals surface area contributed by atoms with E-state index in [0.29, 0.717) is 23.8 Å². The van der Waals surface area contributed by atoms with Gasteiger partial charge in [-0.1, -0.05) is 17.7 Å². The molecule has 1 heterocycles. The zero-order valence-electron chi connectivity index (χ0n) is 6.46. The fourth-order valence-corrected chi connectivity index (χ4v) is 1.51. The molecule has 0 bridgehead atoms. The summed E-state index contributed by atoms with van der Waals surface area (Å²) >= 11 is 5.76. The van der Waals surface area contributed by atoms with Gasteiger partial charge in [-0.2, -0.15) is 0 Å². The Morgan fingerprint density at radius 1 is 1.50 bits per heavy atom. The summed E-state index contributed by atoms with van der Waals surface area (Å²) in [5.74, 6) is 0.709. The first-order valence-corrected chi connectivity index (χ1v) is 4.25. The van der Waals surface area contributed by atoms with E-state index in [2.05, 4.69) is 0 Å². The average Bonchev–Trinajstić information content (AvgIpc) is 2.04. The summed E-state index contributed by atoms with van der Waals surface area (Å²) in [6.07, 6.45) is 0.264. The molecule has 2 rings (SSSR count). The van der Waals surface area contributed by atoms with E-state index in [9.17, 15) is 5.11 Å². The molecule has 0 unspecified atom stereocenters. The maximum absolute atomic E-state index is 9.53. The molecular formula is C9H9ClO2. The Hall–Kier alpha value is -0.730. The van der Waals surface area contributed by atoms with Crippen molar-refractivity contribution in [1.29, 1.82) is 0 Å².